The summed E-state index contributed by atoms with van der Waals surface area (Å²) in [4.78, 5) is 27.3. The quantitative estimate of drug-likeness (QED) is 0.860. The fraction of sp³-hybridized carbons (Fsp3) is 0.875. The van der Waals surface area contributed by atoms with Crippen LogP contribution in [0.2, 0.25) is 0 Å². The molecular weight excluding hydrogens is 268 g/mol. The highest BCUT2D eigenvalue weighted by Gasteiger charge is 2.55. The van der Waals surface area contributed by atoms with Crippen LogP contribution in [0.25, 0.3) is 0 Å². The summed E-state index contributed by atoms with van der Waals surface area (Å²) in [7, 11) is 0. The third-order valence-corrected chi connectivity index (χ3v) is 5.39. The Labute approximate surface area is 126 Å². The molecule has 118 valence electrons. The highest BCUT2D eigenvalue weighted by Crippen LogP contribution is 2.37. The molecule has 1 spiro atoms. The van der Waals surface area contributed by atoms with Gasteiger partial charge >= 0.3 is 0 Å². The predicted octanol–water partition coefficient (Wildman–Crippen LogP) is 1.61. The minimum absolute atomic E-state index is 0.0173. The maximum absolute atomic E-state index is 13.0. The molecule has 0 radical (unpaired) electrons. The molecule has 0 aromatic heterocycles. The van der Waals surface area contributed by atoms with Crippen molar-refractivity contribution in [2.45, 2.75) is 76.0 Å². The number of nitrogens with zero attached hydrogens (tertiary/aromatic N) is 1. The van der Waals surface area contributed by atoms with Gasteiger partial charge < -0.3 is 15.0 Å². The molecule has 2 amide bonds. The molecule has 1 atom stereocenters. The Morgan fingerprint density at radius 1 is 1.24 bits per heavy atom. The van der Waals surface area contributed by atoms with Crippen molar-refractivity contribution in [2.75, 3.05) is 13.2 Å². The fourth-order valence-corrected chi connectivity index (χ4v) is 3.90. The van der Waals surface area contributed by atoms with Gasteiger partial charge in [0.05, 0.1) is 6.10 Å². The zero-order valence-corrected chi connectivity index (χ0v) is 13.1. The molecule has 0 aromatic carbocycles. The topological polar surface area (TPSA) is 58.6 Å². The molecule has 3 rings (SSSR count). The van der Waals surface area contributed by atoms with Crippen LogP contribution in [0.15, 0.2) is 0 Å². The summed E-state index contributed by atoms with van der Waals surface area (Å²) in [6, 6.07) is 0. The van der Waals surface area contributed by atoms with Crippen LogP contribution >= 0.6 is 0 Å². The molecule has 2 heterocycles. The maximum Gasteiger partial charge on any atom is 0.249 e. The summed E-state index contributed by atoms with van der Waals surface area (Å²) in [6.07, 6.45) is 6.86. The normalized spacial score (nSPS) is 31.0. The fourth-order valence-electron chi connectivity index (χ4n) is 3.90. The van der Waals surface area contributed by atoms with E-state index in [4.69, 9.17) is 4.74 Å². The first-order valence-electron chi connectivity index (χ1n) is 8.22. The second-order valence-corrected chi connectivity index (χ2v) is 7.18. The Balaban J connectivity index is 1.76. The number of piperazine rings is 1. The zero-order chi connectivity index (χ0) is 15.1. The molecule has 0 aromatic rings. The highest BCUT2D eigenvalue weighted by molar-refractivity contribution is 6.02. The number of ether oxygens (including phenoxy) is 1. The Bertz CT molecular complexity index is 435. The van der Waals surface area contributed by atoms with Crippen LogP contribution in [0.1, 0.15) is 58.8 Å². The van der Waals surface area contributed by atoms with Crippen molar-refractivity contribution < 1.29 is 14.3 Å². The van der Waals surface area contributed by atoms with E-state index in [-0.39, 0.29) is 17.9 Å². The average Bonchev–Trinajstić information content (AvgIpc) is 3.09. The van der Waals surface area contributed by atoms with Crippen molar-refractivity contribution in [1.82, 2.24) is 10.2 Å². The highest BCUT2D eigenvalue weighted by atomic mass is 16.5. The van der Waals surface area contributed by atoms with Crippen molar-refractivity contribution >= 4 is 11.8 Å². The third-order valence-electron chi connectivity index (χ3n) is 5.39. The molecule has 5 heteroatoms. The lowest BCUT2D eigenvalue weighted by atomic mass is 9.85. The molecule has 2 saturated heterocycles. The minimum Gasteiger partial charge on any atom is -0.378 e. The number of hydrogen-bond acceptors (Lipinski definition) is 3. The zero-order valence-electron chi connectivity index (χ0n) is 13.1. The van der Waals surface area contributed by atoms with Gasteiger partial charge in [0.15, 0.2) is 0 Å². The van der Waals surface area contributed by atoms with E-state index in [1.807, 2.05) is 13.8 Å². The lowest BCUT2D eigenvalue weighted by molar-refractivity contribution is -0.161. The lowest BCUT2D eigenvalue weighted by Gasteiger charge is -2.49. The Morgan fingerprint density at radius 2 is 1.95 bits per heavy atom. The molecule has 1 aliphatic carbocycles. The van der Waals surface area contributed by atoms with E-state index in [1.54, 1.807) is 4.90 Å². The third kappa shape index (κ3) is 2.45. The van der Waals surface area contributed by atoms with Crippen LogP contribution in [0, 0.1) is 0 Å². The van der Waals surface area contributed by atoms with E-state index in [0.29, 0.717) is 6.54 Å². The van der Waals surface area contributed by atoms with E-state index in [9.17, 15) is 9.59 Å². The number of rotatable bonds is 3. The molecule has 3 fully saturated rings. The second-order valence-electron chi connectivity index (χ2n) is 7.18. The van der Waals surface area contributed by atoms with Gasteiger partial charge in [-0.1, -0.05) is 12.8 Å². The second kappa shape index (κ2) is 5.27. The van der Waals surface area contributed by atoms with Crippen LogP contribution in [0.4, 0.5) is 0 Å². The van der Waals surface area contributed by atoms with Gasteiger partial charge in [-0.15, -0.1) is 0 Å². The van der Waals surface area contributed by atoms with E-state index in [0.717, 1.165) is 51.6 Å². The molecule has 1 N–H and O–H groups in total. The summed E-state index contributed by atoms with van der Waals surface area (Å²) in [5, 5.41) is 3.03. The molecule has 0 bridgehead atoms. The molecule has 5 nitrogen and oxygen atoms in total. The minimum atomic E-state index is -0.760. The van der Waals surface area contributed by atoms with Crippen LogP contribution in [-0.4, -0.2) is 47.0 Å². The van der Waals surface area contributed by atoms with Gasteiger partial charge in [0.2, 0.25) is 11.8 Å². The number of carbonyl (C=O) groups is 2. The standard InChI is InChI=1S/C16H26N2O3/c1-15(2)13(19)17-16(8-3-4-9-16)14(20)18(15)10-7-12-6-5-11-21-12/h12H,3-11H2,1-2H3,(H,17,19). The molecule has 1 saturated carbocycles. The largest absolute Gasteiger partial charge is 0.378 e. The van der Waals surface area contributed by atoms with Crippen molar-refractivity contribution in [3.05, 3.63) is 0 Å². The number of amides is 2. The molecule has 21 heavy (non-hydrogen) atoms. The summed E-state index contributed by atoms with van der Waals surface area (Å²) in [6.45, 7) is 5.13. The molecule has 3 aliphatic rings. The van der Waals surface area contributed by atoms with Crippen molar-refractivity contribution in [3.8, 4) is 0 Å². The summed E-state index contributed by atoms with van der Waals surface area (Å²) in [5.74, 6) is 0.0962. The number of hydrogen-bond donors (Lipinski definition) is 1. The van der Waals surface area contributed by atoms with Gasteiger partial charge in [-0.05, 0) is 46.0 Å². The molecular formula is C16H26N2O3. The first-order valence-corrected chi connectivity index (χ1v) is 8.22. The van der Waals surface area contributed by atoms with Gasteiger partial charge in [0.1, 0.15) is 11.1 Å². The predicted molar refractivity (Wildman–Crippen MR) is 78.7 cm³/mol. The van der Waals surface area contributed by atoms with Crippen molar-refractivity contribution in [3.63, 3.8) is 0 Å². The van der Waals surface area contributed by atoms with Crippen LogP contribution in [0.3, 0.4) is 0 Å². The lowest BCUT2D eigenvalue weighted by Crippen LogP contribution is -2.73. The Kier molecular flexibility index (Phi) is 3.72. The van der Waals surface area contributed by atoms with Gasteiger partial charge in [0, 0.05) is 13.2 Å². The van der Waals surface area contributed by atoms with Crippen LogP contribution in [-0.2, 0) is 14.3 Å². The van der Waals surface area contributed by atoms with Crippen LogP contribution in [0.5, 0.6) is 0 Å². The maximum atomic E-state index is 13.0. The van der Waals surface area contributed by atoms with E-state index < -0.39 is 11.1 Å². The SMILES string of the molecule is CC1(C)C(=O)NC2(CCCC2)C(=O)N1CCC1CCCO1. The van der Waals surface area contributed by atoms with Gasteiger partial charge in [-0.3, -0.25) is 9.59 Å². The van der Waals surface area contributed by atoms with E-state index >= 15 is 0 Å². The van der Waals surface area contributed by atoms with E-state index in [2.05, 4.69) is 5.32 Å². The Hall–Kier alpha value is -1.10. The Morgan fingerprint density at radius 3 is 2.57 bits per heavy atom. The first kappa shape index (κ1) is 14.8. The summed E-state index contributed by atoms with van der Waals surface area (Å²) < 4.78 is 5.65. The smallest absolute Gasteiger partial charge is 0.249 e. The first-order chi connectivity index (χ1) is 9.96. The number of carbonyl (C=O) groups excluding carboxylic acids is 2. The summed E-state index contributed by atoms with van der Waals surface area (Å²) >= 11 is 0. The van der Waals surface area contributed by atoms with Gasteiger partial charge in [-0.25, -0.2) is 0 Å². The monoisotopic (exact) mass is 294 g/mol. The van der Waals surface area contributed by atoms with Crippen LogP contribution < -0.4 is 5.32 Å². The van der Waals surface area contributed by atoms with Gasteiger partial charge in [0.25, 0.3) is 0 Å². The average molecular weight is 294 g/mol. The van der Waals surface area contributed by atoms with Crippen molar-refractivity contribution in [2.24, 2.45) is 0 Å². The van der Waals surface area contributed by atoms with Gasteiger partial charge in [-0.2, -0.15) is 0 Å². The van der Waals surface area contributed by atoms with Crippen molar-refractivity contribution in [1.29, 1.82) is 0 Å². The molecule has 2 aliphatic heterocycles. The van der Waals surface area contributed by atoms with E-state index in [1.165, 1.54) is 0 Å². The number of nitrogens with one attached hydrogen (secondary N) is 1. The summed E-state index contributed by atoms with van der Waals surface area (Å²) in [5.41, 5.74) is -1.38. The molecule has 1 unspecified atom stereocenters.